The van der Waals surface area contributed by atoms with Crippen LogP contribution in [0.4, 0.5) is 0 Å². The molecular formula is C21H28N2O3. The van der Waals surface area contributed by atoms with Crippen LogP contribution in [0.1, 0.15) is 44.4 Å². The normalized spacial score (nSPS) is 17.7. The number of benzene rings is 1. The van der Waals surface area contributed by atoms with Gasteiger partial charge < -0.3 is 14.6 Å². The van der Waals surface area contributed by atoms with Gasteiger partial charge in [0.2, 0.25) is 5.91 Å². The lowest BCUT2D eigenvalue weighted by Crippen LogP contribution is -2.48. The molecule has 1 atom stereocenters. The van der Waals surface area contributed by atoms with Gasteiger partial charge in [-0.15, -0.1) is 0 Å². The Morgan fingerprint density at radius 1 is 1.31 bits per heavy atom. The van der Waals surface area contributed by atoms with Gasteiger partial charge in [0.1, 0.15) is 11.5 Å². The van der Waals surface area contributed by atoms with Gasteiger partial charge in [0.25, 0.3) is 0 Å². The van der Waals surface area contributed by atoms with Gasteiger partial charge in [-0.2, -0.15) is 0 Å². The average Bonchev–Trinajstić information content (AvgIpc) is 3.10. The minimum absolute atomic E-state index is 0.101. The van der Waals surface area contributed by atoms with Gasteiger partial charge in [-0.1, -0.05) is 36.3 Å². The Morgan fingerprint density at radius 2 is 2.04 bits per heavy atom. The van der Waals surface area contributed by atoms with Gasteiger partial charge in [-0.25, -0.2) is 0 Å². The van der Waals surface area contributed by atoms with Gasteiger partial charge in [0.05, 0.1) is 5.41 Å². The molecule has 2 heterocycles. The van der Waals surface area contributed by atoms with E-state index >= 15 is 0 Å². The number of aromatic nitrogens is 1. The molecule has 2 aromatic rings. The number of nitrogens with one attached hydrogen (secondary N) is 1. The van der Waals surface area contributed by atoms with Crippen molar-refractivity contribution in [3.05, 3.63) is 41.7 Å². The van der Waals surface area contributed by atoms with Crippen LogP contribution in [0.15, 0.2) is 34.9 Å². The van der Waals surface area contributed by atoms with Crippen LogP contribution in [0.3, 0.4) is 0 Å². The summed E-state index contributed by atoms with van der Waals surface area (Å²) >= 11 is 0. The van der Waals surface area contributed by atoms with Crippen LogP contribution in [-0.2, 0) is 16.0 Å². The molecule has 0 radical (unpaired) electrons. The molecule has 26 heavy (non-hydrogen) atoms. The van der Waals surface area contributed by atoms with Crippen molar-refractivity contribution in [1.82, 2.24) is 10.5 Å². The lowest BCUT2D eigenvalue weighted by Gasteiger charge is -2.35. The lowest BCUT2D eigenvalue weighted by atomic mass is 9.75. The second-order valence-corrected chi connectivity index (χ2v) is 7.35. The molecule has 1 N–H and O–H groups in total. The highest BCUT2D eigenvalue weighted by Crippen LogP contribution is 2.36. The smallest absolute Gasteiger partial charge is 0.227 e. The number of ether oxygens (including phenoxy) is 1. The highest BCUT2D eigenvalue weighted by Gasteiger charge is 2.41. The Hall–Kier alpha value is -2.14. The van der Waals surface area contributed by atoms with Crippen LogP contribution in [0, 0.1) is 12.3 Å². The van der Waals surface area contributed by atoms with Crippen LogP contribution >= 0.6 is 0 Å². The zero-order valence-electron chi connectivity index (χ0n) is 15.9. The molecule has 1 aliphatic heterocycles. The number of aryl methyl sites for hydroxylation is 1. The van der Waals surface area contributed by atoms with E-state index in [1.165, 1.54) is 0 Å². The van der Waals surface area contributed by atoms with E-state index in [2.05, 4.69) is 30.4 Å². The van der Waals surface area contributed by atoms with E-state index in [0.29, 0.717) is 32.5 Å². The quantitative estimate of drug-likeness (QED) is 0.852. The maximum absolute atomic E-state index is 13.0. The summed E-state index contributed by atoms with van der Waals surface area (Å²) in [6, 6.07) is 10.2. The van der Waals surface area contributed by atoms with Crippen molar-refractivity contribution < 1.29 is 14.1 Å². The Kier molecular flexibility index (Phi) is 5.77. The summed E-state index contributed by atoms with van der Waals surface area (Å²) in [6.07, 6.45) is 2.88. The molecule has 1 aliphatic rings. The van der Waals surface area contributed by atoms with E-state index < -0.39 is 5.41 Å². The molecule has 3 rings (SSSR count). The van der Waals surface area contributed by atoms with E-state index in [-0.39, 0.29) is 11.9 Å². The first-order valence-corrected chi connectivity index (χ1v) is 9.44. The molecule has 5 heteroatoms. The van der Waals surface area contributed by atoms with Crippen LogP contribution < -0.4 is 5.32 Å². The number of nitrogens with zero attached hydrogens (tertiary/aromatic N) is 1. The Bertz CT molecular complexity index is 747. The third-order valence-corrected chi connectivity index (χ3v) is 5.41. The molecular weight excluding hydrogens is 328 g/mol. The predicted molar refractivity (Wildman–Crippen MR) is 101 cm³/mol. The topological polar surface area (TPSA) is 64.4 Å². The summed E-state index contributed by atoms with van der Waals surface area (Å²) in [6.45, 7) is 7.38. The predicted octanol–water partition coefficient (Wildman–Crippen LogP) is 3.90. The Morgan fingerprint density at radius 3 is 2.73 bits per heavy atom. The minimum atomic E-state index is -0.482. The SMILES string of the molecule is CC[C@@H](C)NC(=O)C1(Cc2cc(-c3ccccc3C)no2)CCOCC1. The molecule has 0 bridgehead atoms. The van der Waals surface area contributed by atoms with Crippen molar-refractivity contribution in [3.8, 4) is 11.3 Å². The lowest BCUT2D eigenvalue weighted by molar-refractivity contribution is -0.137. The first-order chi connectivity index (χ1) is 12.5. The van der Waals surface area contributed by atoms with E-state index in [9.17, 15) is 4.79 Å². The Balaban J connectivity index is 1.82. The van der Waals surface area contributed by atoms with E-state index in [1.54, 1.807) is 0 Å². The zero-order chi connectivity index (χ0) is 18.6. The molecule has 1 saturated heterocycles. The minimum Gasteiger partial charge on any atom is -0.381 e. The first-order valence-electron chi connectivity index (χ1n) is 9.44. The summed E-state index contributed by atoms with van der Waals surface area (Å²) in [5, 5.41) is 7.39. The van der Waals surface area contributed by atoms with Gasteiger partial charge in [0, 0.05) is 37.3 Å². The fraction of sp³-hybridized carbons (Fsp3) is 0.524. The maximum atomic E-state index is 13.0. The van der Waals surface area contributed by atoms with Crippen molar-refractivity contribution >= 4 is 5.91 Å². The van der Waals surface area contributed by atoms with Crippen molar-refractivity contribution in [3.63, 3.8) is 0 Å². The van der Waals surface area contributed by atoms with Crippen LogP contribution in [0.25, 0.3) is 11.3 Å². The number of carbonyl (C=O) groups is 1. The monoisotopic (exact) mass is 356 g/mol. The summed E-state index contributed by atoms with van der Waals surface area (Å²) < 4.78 is 11.1. The standard InChI is InChI=1S/C21H28N2O3/c1-4-16(3)22-20(24)21(9-11-25-12-10-21)14-17-13-19(23-26-17)18-8-6-5-7-15(18)2/h5-8,13,16H,4,9-12,14H2,1-3H3,(H,22,24)/t16-/m1/s1. The second-order valence-electron chi connectivity index (χ2n) is 7.35. The number of carbonyl (C=O) groups excluding carboxylic acids is 1. The van der Waals surface area contributed by atoms with Crippen molar-refractivity contribution in [2.75, 3.05) is 13.2 Å². The molecule has 140 valence electrons. The summed E-state index contributed by atoms with van der Waals surface area (Å²) in [5.41, 5.74) is 2.56. The third-order valence-electron chi connectivity index (χ3n) is 5.41. The van der Waals surface area contributed by atoms with Gasteiger partial charge in [-0.3, -0.25) is 4.79 Å². The van der Waals surface area contributed by atoms with Crippen LogP contribution in [-0.4, -0.2) is 30.3 Å². The average molecular weight is 356 g/mol. The maximum Gasteiger partial charge on any atom is 0.227 e. The second kappa shape index (κ2) is 8.04. The number of hydrogen-bond acceptors (Lipinski definition) is 4. The van der Waals surface area contributed by atoms with Crippen molar-refractivity contribution in [2.45, 2.75) is 52.5 Å². The highest BCUT2D eigenvalue weighted by molar-refractivity contribution is 5.83. The molecule has 1 aromatic heterocycles. The highest BCUT2D eigenvalue weighted by atomic mass is 16.5. The van der Waals surface area contributed by atoms with E-state index in [1.807, 2.05) is 31.2 Å². The molecule has 0 aliphatic carbocycles. The third kappa shape index (κ3) is 3.98. The number of hydrogen-bond donors (Lipinski definition) is 1. The summed E-state index contributed by atoms with van der Waals surface area (Å²) in [4.78, 5) is 13.0. The molecule has 0 spiro atoms. The molecule has 1 amide bonds. The Labute approximate surface area is 155 Å². The van der Waals surface area contributed by atoms with Crippen molar-refractivity contribution in [1.29, 1.82) is 0 Å². The summed E-state index contributed by atoms with van der Waals surface area (Å²) in [5.74, 6) is 0.855. The fourth-order valence-electron chi connectivity index (χ4n) is 3.44. The van der Waals surface area contributed by atoms with Crippen molar-refractivity contribution in [2.24, 2.45) is 5.41 Å². The van der Waals surface area contributed by atoms with E-state index in [0.717, 1.165) is 29.0 Å². The van der Waals surface area contributed by atoms with Crippen LogP contribution in [0.5, 0.6) is 0 Å². The first kappa shape index (κ1) is 18.6. The van der Waals surface area contributed by atoms with Gasteiger partial charge in [-0.05, 0) is 38.7 Å². The number of rotatable bonds is 6. The van der Waals surface area contributed by atoms with Gasteiger partial charge in [0.15, 0.2) is 0 Å². The molecule has 0 saturated carbocycles. The molecule has 1 fully saturated rings. The molecule has 1 aromatic carbocycles. The molecule has 0 unspecified atom stereocenters. The molecule has 5 nitrogen and oxygen atoms in total. The summed E-state index contributed by atoms with van der Waals surface area (Å²) in [7, 11) is 0. The largest absolute Gasteiger partial charge is 0.381 e. The fourth-order valence-corrected chi connectivity index (χ4v) is 3.44. The van der Waals surface area contributed by atoms with E-state index in [4.69, 9.17) is 9.26 Å². The van der Waals surface area contributed by atoms with Gasteiger partial charge >= 0.3 is 0 Å². The van der Waals surface area contributed by atoms with Crippen LogP contribution in [0.2, 0.25) is 0 Å². The number of amides is 1. The zero-order valence-corrected chi connectivity index (χ0v) is 15.9.